The van der Waals surface area contributed by atoms with Crippen molar-refractivity contribution in [2.75, 3.05) is 0 Å². The van der Waals surface area contributed by atoms with Crippen molar-refractivity contribution in [2.45, 2.75) is 83.0 Å². The van der Waals surface area contributed by atoms with Crippen molar-refractivity contribution in [1.82, 2.24) is 0 Å². The topological polar surface area (TPSA) is 85.2 Å². The van der Waals surface area contributed by atoms with Crippen LogP contribution in [0.1, 0.15) is 64.7 Å². The van der Waals surface area contributed by atoms with Gasteiger partial charge in [-0.1, -0.05) is 50.5 Å². The van der Waals surface area contributed by atoms with Gasteiger partial charge in [0.15, 0.2) is 0 Å². The molecule has 0 aromatic heterocycles. The van der Waals surface area contributed by atoms with Crippen LogP contribution in [0.3, 0.4) is 0 Å². The van der Waals surface area contributed by atoms with Crippen molar-refractivity contribution in [1.29, 1.82) is 0 Å². The van der Waals surface area contributed by atoms with Gasteiger partial charge in [-0.2, -0.15) is 0 Å². The van der Waals surface area contributed by atoms with Gasteiger partial charge in [0, 0.05) is 24.7 Å². The van der Waals surface area contributed by atoms with Crippen molar-refractivity contribution >= 4 is 5.97 Å². The Morgan fingerprint density at radius 3 is 2.77 bits per heavy atom. The first kappa shape index (κ1) is 21.1. The maximum Gasteiger partial charge on any atom is 0.303 e. The van der Waals surface area contributed by atoms with E-state index < -0.39 is 5.97 Å². The van der Waals surface area contributed by atoms with E-state index >= 15 is 0 Å². The second-order valence-corrected chi connectivity index (χ2v) is 7.26. The molecule has 4 unspecified atom stereocenters. The zero-order chi connectivity index (χ0) is 18.8. The van der Waals surface area contributed by atoms with E-state index in [4.69, 9.17) is 20.1 Å². The lowest BCUT2D eigenvalue weighted by Crippen LogP contribution is -2.29. The van der Waals surface area contributed by atoms with Crippen LogP contribution in [-0.4, -0.2) is 34.6 Å². The van der Waals surface area contributed by atoms with Crippen molar-refractivity contribution < 1.29 is 29.8 Å². The van der Waals surface area contributed by atoms with E-state index in [0.717, 1.165) is 44.9 Å². The SMILES string of the molecule is CCCCCC(C=C[C@H]1C2CC(OO2)C1CC=CCCCC(=O)O)OO. The molecule has 0 aromatic rings. The fourth-order valence-electron chi connectivity index (χ4n) is 3.79. The zero-order valence-corrected chi connectivity index (χ0v) is 15.6. The molecule has 5 atom stereocenters. The Bertz CT molecular complexity index is 475. The summed E-state index contributed by atoms with van der Waals surface area (Å²) in [6, 6.07) is 0. The molecule has 26 heavy (non-hydrogen) atoms. The van der Waals surface area contributed by atoms with Crippen LogP contribution in [-0.2, 0) is 19.5 Å². The summed E-state index contributed by atoms with van der Waals surface area (Å²) in [4.78, 5) is 25.9. The maximum atomic E-state index is 10.5. The Balaban J connectivity index is 1.82. The lowest BCUT2D eigenvalue weighted by atomic mass is 9.89. The Morgan fingerprint density at radius 1 is 1.23 bits per heavy atom. The van der Waals surface area contributed by atoms with Crippen LogP contribution in [0.5, 0.6) is 0 Å². The molecule has 2 aliphatic rings. The molecule has 148 valence electrons. The third-order valence-corrected chi connectivity index (χ3v) is 5.28. The largest absolute Gasteiger partial charge is 0.481 e. The fourth-order valence-corrected chi connectivity index (χ4v) is 3.79. The van der Waals surface area contributed by atoms with Crippen LogP contribution in [0.4, 0.5) is 0 Å². The molecule has 1 saturated heterocycles. The highest BCUT2D eigenvalue weighted by Gasteiger charge is 2.49. The molecule has 6 heteroatoms. The van der Waals surface area contributed by atoms with Crippen LogP contribution >= 0.6 is 0 Å². The number of carboxylic acid groups (broad SMARTS) is 1. The average Bonchev–Trinajstić information content (AvgIpc) is 3.22. The molecule has 0 aromatic carbocycles. The highest BCUT2D eigenvalue weighted by Crippen LogP contribution is 2.44. The molecule has 2 rings (SSSR count). The van der Waals surface area contributed by atoms with Crippen molar-refractivity contribution in [3.05, 3.63) is 24.3 Å². The molecule has 1 heterocycles. The third-order valence-electron chi connectivity index (χ3n) is 5.28. The summed E-state index contributed by atoms with van der Waals surface area (Å²) >= 11 is 0. The molecule has 0 spiro atoms. The molecule has 2 fully saturated rings. The average molecular weight is 368 g/mol. The summed E-state index contributed by atoms with van der Waals surface area (Å²) in [6.45, 7) is 2.15. The summed E-state index contributed by atoms with van der Waals surface area (Å²) in [6.07, 6.45) is 15.7. The third kappa shape index (κ3) is 6.50. The van der Waals surface area contributed by atoms with E-state index in [1.54, 1.807) is 0 Å². The van der Waals surface area contributed by atoms with E-state index in [-0.39, 0.29) is 30.7 Å². The number of hydrogen-bond acceptors (Lipinski definition) is 5. The quantitative estimate of drug-likeness (QED) is 0.215. The summed E-state index contributed by atoms with van der Waals surface area (Å²) in [5, 5.41) is 17.8. The highest BCUT2D eigenvalue weighted by molar-refractivity contribution is 5.66. The minimum Gasteiger partial charge on any atom is -0.481 e. The number of allylic oxidation sites excluding steroid dienone is 2. The summed E-state index contributed by atoms with van der Waals surface area (Å²) < 4.78 is 0. The van der Waals surface area contributed by atoms with E-state index in [9.17, 15) is 4.79 Å². The maximum absolute atomic E-state index is 10.5. The molecular formula is C20H32O6. The first-order valence-electron chi connectivity index (χ1n) is 9.83. The van der Waals surface area contributed by atoms with Gasteiger partial charge in [-0.3, -0.25) is 10.1 Å². The van der Waals surface area contributed by atoms with Crippen LogP contribution < -0.4 is 0 Å². The molecule has 1 saturated carbocycles. The number of rotatable bonds is 13. The number of carbonyl (C=O) groups is 1. The van der Waals surface area contributed by atoms with Gasteiger partial charge >= 0.3 is 5.97 Å². The van der Waals surface area contributed by atoms with Crippen LogP contribution in [0.15, 0.2) is 24.3 Å². The van der Waals surface area contributed by atoms with Crippen LogP contribution in [0.25, 0.3) is 0 Å². The van der Waals surface area contributed by atoms with E-state index in [0.29, 0.717) is 12.3 Å². The predicted molar refractivity (Wildman–Crippen MR) is 97.4 cm³/mol. The fraction of sp³-hybridized carbons (Fsp3) is 0.750. The van der Waals surface area contributed by atoms with Crippen molar-refractivity contribution in [3.8, 4) is 0 Å². The summed E-state index contributed by atoms with van der Waals surface area (Å²) in [5.74, 6) is -0.154. The van der Waals surface area contributed by atoms with Gasteiger partial charge in [-0.05, 0) is 25.7 Å². The smallest absolute Gasteiger partial charge is 0.303 e. The molecule has 1 aliphatic heterocycles. The van der Waals surface area contributed by atoms with Gasteiger partial charge in [-0.25, -0.2) is 14.7 Å². The van der Waals surface area contributed by atoms with Crippen LogP contribution in [0, 0.1) is 11.8 Å². The second kappa shape index (κ2) is 11.5. The Labute approximate surface area is 155 Å². The van der Waals surface area contributed by atoms with Crippen LogP contribution in [0.2, 0.25) is 0 Å². The van der Waals surface area contributed by atoms with Gasteiger partial charge in [0.2, 0.25) is 0 Å². The first-order valence-corrected chi connectivity index (χ1v) is 9.83. The monoisotopic (exact) mass is 368 g/mol. The minimum atomic E-state index is -0.748. The molecule has 0 radical (unpaired) electrons. The lowest BCUT2D eigenvalue weighted by molar-refractivity contribution is -0.336. The zero-order valence-electron chi connectivity index (χ0n) is 15.6. The lowest BCUT2D eigenvalue weighted by Gasteiger charge is -2.27. The molecule has 2 N–H and O–H groups in total. The predicted octanol–water partition coefficient (Wildman–Crippen LogP) is 4.52. The number of hydrogen-bond donors (Lipinski definition) is 2. The first-order chi connectivity index (χ1) is 12.7. The molecular weight excluding hydrogens is 336 g/mol. The van der Waals surface area contributed by atoms with Crippen molar-refractivity contribution in [3.63, 3.8) is 0 Å². The Kier molecular flexibility index (Phi) is 9.32. The molecule has 0 amide bonds. The van der Waals surface area contributed by atoms with E-state index in [1.807, 2.05) is 6.08 Å². The normalized spacial score (nSPS) is 29.2. The van der Waals surface area contributed by atoms with Gasteiger partial charge in [0.1, 0.15) is 12.2 Å². The highest BCUT2D eigenvalue weighted by atomic mass is 17.2. The van der Waals surface area contributed by atoms with E-state index in [2.05, 4.69) is 30.0 Å². The molecule has 6 nitrogen and oxygen atoms in total. The number of carboxylic acids is 1. The Morgan fingerprint density at radius 2 is 2.04 bits per heavy atom. The van der Waals surface area contributed by atoms with Gasteiger partial charge in [0.25, 0.3) is 0 Å². The standard InChI is InChI=1S/C20H32O6/c1-2-3-6-9-15(24-23)12-13-17-16(18-14-19(17)26-25-18)10-7-4-5-8-11-20(21)22/h4,7,12-13,15-19,23H,2-3,5-6,8-11,14H2,1H3,(H,21,22)/t15?,16?,17-,18?,19?/m1/s1. The molecule has 1 aliphatic carbocycles. The number of unbranched alkanes of at least 4 members (excludes halogenated alkanes) is 3. The number of fused-ring (bicyclic) bond motifs is 2. The Hall–Kier alpha value is -1.21. The molecule has 2 bridgehead atoms. The van der Waals surface area contributed by atoms with Gasteiger partial charge in [0.05, 0.1) is 6.10 Å². The van der Waals surface area contributed by atoms with Gasteiger partial charge < -0.3 is 5.11 Å². The number of aliphatic carboxylic acids is 1. The van der Waals surface area contributed by atoms with Gasteiger partial charge in [-0.15, -0.1) is 0 Å². The summed E-state index contributed by atoms with van der Waals surface area (Å²) in [5.41, 5.74) is 0. The van der Waals surface area contributed by atoms with E-state index in [1.165, 1.54) is 0 Å². The second-order valence-electron chi connectivity index (χ2n) is 7.26. The summed E-state index contributed by atoms with van der Waals surface area (Å²) in [7, 11) is 0. The minimum absolute atomic E-state index is 0.0663. The van der Waals surface area contributed by atoms with Crippen molar-refractivity contribution in [2.24, 2.45) is 11.8 Å².